The van der Waals surface area contributed by atoms with E-state index >= 15 is 0 Å². The molecule has 13 heavy (non-hydrogen) atoms. The van der Waals surface area contributed by atoms with Crippen molar-refractivity contribution in [3.8, 4) is 11.4 Å². The molecule has 0 atom stereocenters. The molecule has 0 fully saturated rings. The highest BCUT2D eigenvalue weighted by Gasteiger charge is 1.99. The van der Waals surface area contributed by atoms with Crippen molar-refractivity contribution in [2.24, 2.45) is 0 Å². The van der Waals surface area contributed by atoms with Crippen molar-refractivity contribution in [3.05, 3.63) is 36.4 Å². The minimum absolute atomic E-state index is 0.666. The molecule has 0 aliphatic heterocycles. The van der Waals surface area contributed by atoms with Gasteiger partial charge in [-0.25, -0.2) is 4.98 Å². The third-order valence-corrected chi connectivity index (χ3v) is 1.60. The molecule has 0 spiro atoms. The fourth-order valence-electron chi connectivity index (χ4n) is 0.964. The number of hydrogen-bond donors (Lipinski definition) is 0. The lowest BCUT2D eigenvalue weighted by atomic mass is 10.3. The molecule has 0 N–H and O–H groups in total. The Morgan fingerprint density at radius 1 is 1.00 bits per heavy atom. The van der Waals surface area contributed by atoms with Crippen LogP contribution >= 0.6 is 0 Å². The fourth-order valence-corrected chi connectivity index (χ4v) is 0.964. The van der Waals surface area contributed by atoms with Crippen LogP contribution in [0.4, 0.5) is 0 Å². The summed E-state index contributed by atoms with van der Waals surface area (Å²) in [6, 6.07) is 5.64. The molecular formula is C9H8N4. The van der Waals surface area contributed by atoms with Crippen LogP contribution in [0.1, 0.15) is 5.82 Å². The lowest BCUT2D eigenvalue weighted by molar-refractivity contribution is 0.909. The van der Waals surface area contributed by atoms with Crippen LogP contribution in [-0.2, 0) is 0 Å². The predicted octanol–water partition coefficient (Wildman–Crippen LogP) is 1.24. The van der Waals surface area contributed by atoms with Gasteiger partial charge in [-0.15, -0.1) is 10.2 Å². The first-order valence-corrected chi connectivity index (χ1v) is 3.94. The van der Waals surface area contributed by atoms with Gasteiger partial charge in [0.05, 0.1) is 11.9 Å². The van der Waals surface area contributed by atoms with Gasteiger partial charge in [0, 0.05) is 6.20 Å². The summed E-state index contributed by atoms with van der Waals surface area (Å²) < 4.78 is 0. The largest absolute Gasteiger partial charge is 0.254 e. The van der Waals surface area contributed by atoms with E-state index in [1.54, 1.807) is 19.3 Å². The van der Waals surface area contributed by atoms with Gasteiger partial charge in [0.25, 0.3) is 0 Å². The molecule has 2 heterocycles. The summed E-state index contributed by atoms with van der Waals surface area (Å²) in [5.41, 5.74) is 1.49. The first-order chi connectivity index (χ1) is 6.36. The Balaban J connectivity index is 2.42. The average Bonchev–Trinajstić information content (AvgIpc) is 2.20. The van der Waals surface area contributed by atoms with E-state index in [0.717, 1.165) is 5.69 Å². The van der Waals surface area contributed by atoms with Gasteiger partial charge in [0.1, 0.15) is 11.5 Å². The zero-order chi connectivity index (χ0) is 9.10. The van der Waals surface area contributed by atoms with Gasteiger partial charge in [0.2, 0.25) is 0 Å². The first kappa shape index (κ1) is 7.79. The zero-order valence-corrected chi connectivity index (χ0v) is 7.18. The zero-order valence-electron chi connectivity index (χ0n) is 7.18. The second-order valence-electron chi connectivity index (χ2n) is 2.61. The van der Waals surface area contributed by atoms with Crippen LogP contribution in [0.25, 0.3) is 11.4 Å². The highest BCUT2D eigenvalue weighted by atomic mass is 15.2. The molecule has 0 bridgehead atoms. The molecule has 0 radical (unpaired) electrons. The quantitative estimate of drug-likeness (QED) is 0.649. The molecule has 2 aromatic rings. The minimum atomic E-state index is 0.666. The van der Waals surface area contributed by atoms with Crippen LogP contribution in [0.15, 0.2) is 30.6 Å². The summed E-state index contributed by atoms with van der Waals surface area (Å²) >= 11 is 0. The van der Waals surface area contributed by atoms with Gasteiger partial charge in [-0.2, -0.15) is 0 Å². The smallest absolute Gasteiger partial charge is 0.147 e. The maximum absolute atomic E-state index is 4.14. The van der Waals surface area contributed by atoms with Gasteiger partial charge in [-0.3, -0.25) is 4.98 Å². The van der Waals surface area contributed by atoms with Gasteiger partial charge in [-0.05, 0) is 19.1 Å². The van der Waals surface area contributed by atoms with Crippen molar-refractivity contribution >= 4 is 0 Å². The van der Waals surface area contributed by atoms with Crippen molar-refractivity contribution < 1.29 is 0 Å². The van der Waals surface area contributed by atoms with E-state index in [1.807, 2.05) is 18.2 Å². The van der Waals surface area contributed by atoms with Crippen molar-refractivity contribution in [2.75, 3.05) is 0 Å². The van der Waals surface area contributed by atoms with Crippen molar-refractivity contribution in [3.63, 3.8) is 0 Å². The highest BCUT2D eigenvalue weighted by Crippen LogP contribution is 2.09. The Morgan fingerprint density at radius 3 is 2.54 bits per heavy atom. The van der Waals surface area contributed by atoms with Gasteiger partial charge in [-0.1, -0.05) is 6.07 Å². The number of nitrogens with zero attached hydrogens (tertiary/aromatic N) is 4. The van der Waals surface area contributed by atoms with Crippen LogP contribution < -0.4 is 0 Å². The summed E-state index contributed by atoms with van der Waals surface area (Å²) in [4.78, 5) is 8.18. The second-order valence-corrected chi connectivity index (χ2v) is 2.61. The number of hydrogen-bond acceptors (Lipinski definition) is 4. The topological polar surface area (TPSA) is 51.6 Å². The lowest BCUT2D eigenvalue weighted by Crippen LogP contribution is -1.94. The van der Waals surface area contributed by atoms with Gasteiger partial charge >= 0.3 is 0 Å². The molecule has 0 amide bonds. The summed E-state index contributed by atoms with van der Waals surface area (Å²) in [5.74, 6) is 0.666. The number of rotatable bonds is 1. The van der Waals surface area contributed by atoms with Crippen molar-refractivity contribution in [1.29, 1.82) is 0 Å². The summed E-state index contributed by atoms with van der Waals surface area (Å²) in [6.07, 6.45) is 3.39. The monoisotopic (exact) mass is 172 g/mol. The number of aromatic nitrogens is 4. The number of pyridine rings is 1. The van der Waals surface area contributed by atoms with E-state index in [2.05, 4.69) is 20.2 Å². The van der Waals surface area contributed by atoms with E-state index < -0.39 is 0 Å². The molecule has 2 rings (SSSR count). The average molecular weight is 172 g/mol. The molecule has 0 aromatic carbocycles. The molecule has 4 heteroatoms. The Hall–Kier alpha value is -1.84. The molecule has 0 aliphatic carbocycles. The summed E-state index contributed by atoms with van der Waals surface area (Å²) in [5, 5.41) is 7.83. The third kappa shape index (κ3) is 1.66. The summed E-state index contributed by atoms with van der Waals surface area (Å²) in [7, 11) is 0. The van der Waals surface area contributed by atoms with E-state index in [0.29, 0.717) is 11.5 Å². The minimum Gasteiger partial charge on any atom is -0.254 e. The predicted molar refractivity (Wildman–Crippen MR) is 47.8 cm³/mol. The highest BCUT2D eigenvalue weighted by molar-refractivity contribution is 5.50. The van der Waals surface area contributed by atoms with Crippen LogP contribution in [0, 0.1) is 6.92 Å². The van der Waals surface area contributed by atoms with Crippen LogP contribution in [0.3, 0.4) is 0 Å². The van der Waals surface area contributed by atoms with E-state index in [9.17, 15) is 0 Å². The van der Waals surface area contributed by atoms with Crippen molar-refractivity contribution in [2.45, 2.75) is 6.92 Å². The Labute approximate surface area is 75.7 Å². The van der Waals surface area contributed by atoms with Crippen LogP contribution in [0.5, 0.6) is 0 Å². The Kier molecular flexibility index (Phi) is 1.96. The molecular weight excluding hydrogens is 164 g/mol. The molecule has 0 aliphatic rings. The van der Waals surface area contributed by atoms with E-state index in [1.165, 1.54) is 0 Å². The standard InChI is InChI=1S/C9H8N4/c1-7-11-6-9(13-12-7)8-4-2-3-5-10-8/h2-6H,1H3. The maximum atomic E-state index is 4.14. The first-order valence-electron chi connectivity index (χ1n) is 3.94. The molecule has 64 valence electrons. The Bertz CT molecular complexity index is 382. The van der Waals surface area contributed by atoms with E-state index in [4.69, 9.17) is 0 Å². The maximum Gasteiger partial charge on any atom is 0.147 e. The fraction of sp³-hybridized carbons (Fsp3) is 0.111. The molecule has 0 unspecified atom stereocenters. The van der Waals surface area contributed by atoms with Crippen LogP contribution in [-0.4, -0.2) is 20.2 Å². The lowest BCUT2D eigenvalue weighted by Gasteiger charge is -1.96. The SMILES string of the molecule is Cc1ncc(-c2ccccn2)nn1. The summed E-state index contributed by atoms with van der Waals surface area (Å²) in [6.45, 7) is 1.80. The normalized spacial score (nSPS) is 9.92. The van der Waals surface area contributed by atoms with Crippen LogP contribution in [0.2, 0.25) is 0 Å². The van der Waals surface area contributed by atoms with Gasteiger partial charge < -0.3 is 0 Å². The molecule has 4 nitrogen and oxygen atoms in total. The molecule has 2 aromatic heterocycles. The van der Waals surface area contributed by atoms with Gasteiger partial charge in [0.15, 0.2) is 0 Å². The van der Waals surface area contributed by atoms with Crippen molar-refractivity contribution in [1.82, 2.24) is 20.2 Å². The van der Waals surface area contributed by atoms with E-state index in [-0.39, 0.29) is 0 Å². The number of aryl methyl sites for hydroxylation is 1. The third-order valence-electron chi connectivity index (χ3n) is 1.60. The molecule has 0 saturated heterocycles. The molecule has 0 saturated carbocycles. The Morgan fingerprint density at radius 2 is 1.92 bits per heavy atom. The second kappa shape index (κ2) is 3.26.